The van der Waals surface area contributed by atoms with E-state index in [0.717, 1.165) is 23.3 Å². The van der Waals surface area contributed by atoms with Gasteiger partial charge in [0.1, 0.15) is 13.3 Å². The van der Waals surface area contributed by atoms with Gasteiger partial charge < -0.3 is 4.74 Å². The van der Waals surface area contributed by atoms with Crippen LogP contribution in [-0.4, -0.2) is 13.3 Å². The normalized spacial score (nSPS) is 25.7. The number of benzene rings is 2. The fourth-order valence-corrected chi connectivity index (χ4v) is 6.23. The first kappa shape index (κ1) is 24.2. The molecule has 4 rings (SSSR count). The molecule has 2 aliphatic carbocycles. The third-order valence-electron chi connectivity index (χ3n) is 8.06. The molecule has 0 unspecified atom stereocenters. The molecule has 0 saturated heterocycles. The Labute approximate surface area is 196 Å². The van der Waals surface area contributed by atoms with Crippen molar-refractivity contribution in [3.63, 3.8) is 0 Å². The Morgan fingerprint density at radius 3 is 1.91 bits per heavy atom. The highest BCUT2D eigenvalue weighted by Crippen LogP contribution is 2.44. The van der Waals surface area contributed by atoms with Gasteiger partial charge in [0.05, 0.1) is 0 Å². The van der Waals surface area contributed by atoms with Crippen LogP contribution >= 0.6 is 0 Å². The number of alkyl halides is 1. The summed E-state index contributed by atoms with van der Waals surface area (Å²) < 4.78 is 45.6. The zero-order valence-corrected chi connectivity index (χ0v) is 19.8. The molecule has 2 aromatic rings. The highest BCUT2D eigenvalue weighted by Gasteiger charge is 2.31. The molecule has 2 aromatic carbocycles. The van der Waals surface area contributed by atoms with E-state index in [0.29, 0.717) is 11.5 Å². The highest BCUT2D eigenvalue weighted by molar-refractivity contribution is 5.65. The second kappa shape index (κ2) is 11.4. The van der Waals surface area contributed by atoms with E-state index in [1.54, 1.807) is 0 Å². The molecule has 0 bridgehead atoms. The summed E-state index contributed by atoms with van der Waals surface area (Å²) >= 11 is 0. The van der Waals surface area contributed by atoms with Crippen LogP contribution < -0.4 is 4.74 Å². The van der Waals surface area contributed by atoms with Crippen LogP contribution in [0.2, 0.25) is 0 Å². The average Bonchev–Trinajstić information content (AvgIpc) is 2.84. The second-order valence-electron chi connectivity index (χ2n) is 10.1. The van der Waals surface area contributed by atoms with Gasteiger partial charge in [0, 0.05) is 0 Å². The van der Waals surface area contributed by atoms with Gasteiger partial charge in [-0.15, -0.1) is 0 Å². The maximum absolute atomic E-state index is 14.3. The minimum atomic E-state index is -0.801. The molecule has 1 nitrogen and oxygen atoms in total. The molecule has 2 fully saturated rings. The number of halogens is 3. The van der Waals surface area contributed by atoms with Gasteiger partial charge in [0.25, 0.3) is 0 Å². The Kier molecular flexibility index (Phi) is 8.38. The Bertz CT molecular complexity index is 855. The molecular weight excluding hydrogens is 421 g/mol. The summed E-state index contributed by atoms with van der Waals surface area (Å²) in [6.45, 7) is 1.16. The van der Waals surface area contributed by atoms with Crippen molar-refractivity contribution in [1.29, 1.82) is 0 Å². The van der Waals surface area contributed by atoms with Gasteiger partial charge in [-0.05, 0) is 91.0 Å². The van der Waals surface area contributed by atoms with E-state index in [1.807, 2.05) is 12.1 Å². The van der Waals surface area contributed by atoms with Crippen molar-refractivity contribution in [1.82, 2.24) is 0 Å². The Hall–Kier alpha value is -1.97. The molecule has 2 saturated carbocycles. The van der Waals surface area contributed by atoms with E-state index in [2.05, 4.69) is 19.1 Å². The molecule has 0 N–H and O–H groups in total. The Morgan fingerprint density at radius 1 is 0.788 bits per heavy atom. The SMILES string of the molecule is CCCC1CCC(C2CCC(c3ccc(-c4cc(F)c(OCCF)c(F)c4)cc3)CC2)CC1. The fraction of sp³-hybridized carbons (Fsp3) is 0.586. The van der Waals surface area contributed by atoms with Crippen LogP contribution in [0.5, 0.6) is 5.75 Å². The molecule has 0 amide bonds. The maximum atomic E-state index is 14.3. The van der Waals surface area contributed by atoms with Crippen LogP contribution in [0, 0.1) is 29.4 Å². The van der Waals surface area contributed by atoms with Gasteiger partial charge in [0.15, 0.2) is 17.4 Å². The molecule has 0 heterocycles. The van der Waals surface area contributed by atoms with Crippen molar-refractivity contribution in [2.45, 2.75) is 77.0 Å². The first-order valence-corrected chi connectivity index (χ1v) is 12.9. The lowest BCUT2D eigenvalue weighted by Gasteiger charge is -2.38. The van der Waals surface area contributed by atoms with E-state index in [-0.39, 0.29) is 6.61 Å². The van der Waals surface area contributed by atoms with Crippen molar-refractivity contribution < 1.29 is 17.9 Å². The van der Waals surface area contributed by atoms with Crippen LogP contribution in [0.3, 0.4) is 0 Å². The first-order valence-electron chi connectivity index (χ1n) is 12.9. The number of hydrogen-bond acceptors (Lipinski definition) is 1. The lowest BCUT2D eigenvalue weighted by Crippen LogP contribution is -2.25. The monoisotopic (exact) mass is 458 g/mol. The summed E-state index contributed by atoms with van der Waals surface area (Å²) in [5, 5.41) is 0. The predicted molar refractivity (Wildman–Crippen MR) is 128 cm³/mol. The molecule has 0 aliphatic heterocycles. The van der Waals surface area contributed by atoms with E-state index in [9.17, 15) is 13.2 Å². The van der Waals surface area contributed by atoms with E-state index < -0.39 is 24.1 Å². The molecule has 2 aliphatic rings. The van der Waals surface area contributed by atoms with Gasteiger partial charge in [-0.25, -0.2) is 13.2 Å². The summed E-state index contributed by atoms with van der Waals surface area (Å²) in [7, 11) is 0. The average molecular weight is 459 g/mol. The predicted octanol–water partition coefficient (Wildman–Crippen LogP) is 8.86. The molecule has 0 atom stereocenters. The molecule has 0 radical (unpaired) electrons. The molecule has 180 valence electrons. The molecule has 4 heteroatoms. The lowest BCUT2D eigenvalue weighted by atomic mass is 9.68. The minimum Gasteiger partial charge on any atom is -0.485 e. The summed E-state index contributed by atoms with van der Waals surface area (Å²) in [5.74, 6) is 1.27. The summed E-state index contributed by atoms with van der Waals surface area (Å²) in [6.07, 6.45) is 13.6. The zero-order chi connectivity index (χ0) is 23.2. The van der Waals surface area contributed by atoms with E-state index >= 15 is 0 Å². The lowest BCUT2D eigenvalue weighted by molar-refractivity contribution is 0.156. The first-order chi connectivity index (χ1) is 16.1. The molecule has 0 spiro atoms. The molecule has 0 aromatic heterocycles. The zero-order valence-electron chi connectivity index (χ0n) is 19.8. The highest BCUT2D eigenvalue weighted by atomic mass is 19.1. The van der Waals surface area contributed by atoms with Crippen molar-refractivity contribution in [3.8, 4) is 16.9 Å². The molecular formula is C29H37F3O. The second-order valence-corrected chi connectivity index (χ2v) is 10.1. The number of hydrogen-bond donors (Lipinski definition) is 0. The van der Waals surface area contributed by atoms with Gasteiger partial charge in [0.2, 0.25) is 0 Å². The summed E-state index contributed by atoms with van der Waals surface area (Å²) in [6, 6.07) is 10.6. The third kappa shape index (κ3) is 5.94. The van der Waals surface area contributed by atoms with Crippen LogP contribution in [0.1, 0.15) is 82.6 Å². The Morgan fingerprint density at radius 2 is 1.36 bits per heavy atom. The van der Waals surface area contributed by atoms with Gasteiger partial charge in [-0.2, -0.15) is 0 Å². The smallest absolute Gasteiger partial charge is 0.190 e. The van der Waals surface area contributed by atoms with Crippen molar-refractivity contribution in [2.75, 3.05) is 13.3 Å². The van der Waals surface area contributed by atoms with Gasteiger partial charge in [-0.1, -0.05) is 56.9 Å². The minimum absolute atomic E-state index is 0.357. The van der Waals surface area contributed by atoms with Crippen molar-refractivity contribution in [2.24, 2.45) is 17.8 Å². The fourth-order valence-electron chi connectivity index (χ4n) is 6.23. The molecule has 33 heavy (non-hydrogen) atoms. The van der Waals surface area contributed by atoms with Gasteiger partial charge in [-0.3, -0.25) is 0 Å². The largest absolute Gasteiger partial charge is 0.485 e. The maximum Gasteiger partial charge on any atom is 0.190 e. The number of ether oxygens (including phenoxy) is 1. The van der Waals surface area contributed by atoms with Crippen molar-refractivity contribution >= 4 is 0 Å². The Balaban J connectivity index is 1.33. The van der Waals surface area contributed by atoms with Crippen molar-refractivity contribution in [3.05, 3.63) is 53.6 Å². The number of rotatable bonds is 8. The van der Waals surface area contributed by atoms with Gasteiger partial charge >= 0.3 is 0 Å². The summed E-state index contributed by atoms with van der Waals surface area (Å²) in [4.78, 5) is 0. The van der Waals surface area contributed by atoms with Crippen LogP contribution in [0.15, 0.2) is 36.4 Å². The van der Waals surface area contributed by atoms with Crippen LogP contribution in [0.4, 0.5) is 13.2 Å². The van der Waals surface area contributed by atoms with Crippen LogP contribution in [0.25, 0.3) is 11.1 Å². The third-order valence-corrected chi connectivity index (χ3v) is 8.06. The standard InChI is InChI=1S/C29H37F3O/c1-2-3-20-4-6-21(7-5-20)22-8-10-23(11-9-22)24-12-14-25(15-13-24)26-18-27(31)29(28(32)19-26)33-17-16-30/h12-15,18-23H,2-11,16-17H2,1H3. The summed E-state index contributed by atoms with van der Waals surface area (Å²) in [5.41, 5.74) is 2.56. The quantitative estimate of drug-likeness (QED) is 0.384. The van der Waals surface area contributed by atoms with E-state index in [4.69, 9.17) is 4.74 Å². The van der Waals surface area contributed by atoms with E-state index in [1.165, 1.54) is 81.9 Å². The van der Waals surface area contributed by atoms with Crippen LogP contribution in [-0.2, 0) is 0 Å². The topological polar surface area (TPSA) is 9.23 Å².